The first kappa shape index (κ1) is 13.1. The fourth-order valence-electron chi connectivity index (χ4n) is 1.48. The van der Waals surface area contributed by atoms with Gasteiger partial charge in [-0.3, -0.25) is 10.2 Å². The number of carbonyl (C=O) groups excluding carboxylic acids is 1. The third kappa shape index (κ3) is 2.56. The zero-order valence-electron chi connectivity index (χ0n) is 9.37. The van der Waals surface area contributed by atoms with Crippen LogP contribution < -0.4 is 11.3 Å². The molecule has 0 aliphatic rings. The Kier molecular flexibility index (Phi) is 3.49. The van der Waals surface area contributed by atoms with Crippen molar-refractivity contribution in [2.24, 2.45) is 5.84 Å². The molecule has 0 atom stereocenters. The van der Waals surface area contributed by atoms with Crippen molar-refractivity contribution in [2.75, 3.05) is 0 Å². The van der Waals surface area contributed by atoms with Crippen LogP contribution in [0.5, 0.6) is 0 Å². The van der Waals surface area contributed by atoms with Gasteiger partial charge in [-0.25, -0.2) is 5.84 Å². The van der Waals surface area contributed by atoms with E-state index in [1.807, 2.05) is 5.43 Å². The third-order valence-electron chi connectivity index (χ3n) is 2.30. The monoisotopic (exact) mass is 285 g/mol. The summed E-state index contributed by atoms with van der Waals surface area (Å²) >= 11 is 5.65. The first-order valence-electron chi connectivity index (χ1n) is 4.97. The van der Waals surface area contributed by atoms with E-state index in [0.29, 0.717) is 0 Å². The number of furan rings is 1. The van der Waals surface area contributed by atoms with Crippen molar-refractivity contribution in [1.29, 1.82) is 0 Å². The molecule has 2 rings (SSSR count). The summed E-state index contributed by atoms with van der Waals surface area (Å²) in [5.41, 5.74) is 2.18. The maximum absolute atomic E-state index is 11.4. The number of aromatic nitrogens is 2. The molecule has 9 nitrogen and oxygen atoms in total. The maximum Gasteiger partial charge on any atom is 0.408 e. The predicted molar refractivity (Wildman–Crippen MR) is 63.4 cm³/mol. The smallest absolute Gasteiger partial charge is 0.408 e. The summed E-state index contributed by atoms with van der Waals surface area (Å²) in [4.78, 5) is 21.3. The number of carbonyl (C=O) groups is 1. The van der Waals surface area contributed by atoms with E-state index >= 15 is 0 Å². The topological polar surface area (TPSA) is 129 Å². The second-order valence-electron chi connectivity index (χ2n) is 3.49. The van der Waals surface area contributed by atoms with Crippen LogP contribution in [0.3, 0.4) is 0 Å². The van der Waals surface area contributed by atoms with Crippen LogP contribution in [0.4, 0.5) is 5.82 Å². The molecule has 3 N–H and O–H groups in total. The molecule has 0 saturated heterocycles. The number of nitrogens with one attached hydrogen (secondary N) is 1. The SMILES string of the molecule is NNC(=O)c1ccoc1Cn1cc(Cl)c([N+](=O)[O-])n1. The van der Waals surface area contributed by atoms with Crippen molar-refractivity contribution in [3.05, 3.63) is 45.0 Å². The molecule has 1 amide bonds. The summed E-state index contributed by atoms with van der Waals surface area (Å²) in [5.74, 6) is 4.29. The minimum absolute atomic E-state index is 0.0172. The van der Waals surface area contributed by atoms with Gasteiger partial charge in [0.25, 0.3) is 5.91 Å². The molecule has 2 aromatic rings. The standard InChI is InChI=1S/C9H8ClN5O4/c10-6-3-14(13-8(6)15(17)18)4-7-5(1-2-19-7)9(16)12-11/h1-3H,4,11H2,(H,12,16). The molecule has 0 bridgehead atoms. The molecule has 0 spiro atoms. The first-order valence-corrected chi connectivity index (χ1v) is 5.35. The Balaban J connectivity index is 2.27. The van der Waals surface area contributed by atoms with Gasteiger partial charge in [-0.15, -0.1) is 0 Å². The fraction of sp³-hybridized carbons (Fsp3) is 0.111. The van der Waals surface area contributed by atoms with Crippen LogP contribution in [0.2, 0.25) is 5.02 Å². The van der Waals surface area contributed by atoms with Crippen LogP contribution in [0.25, 0.3) is 0 Å². The van der Waals surface area contributed by atoms with Crippen molar-refractivity contribution in [3.63, 3.8) is 0 Å². The van der Waals surface area contributed by atoms with E-state index in [1.165, 1.54) is 23.2 Å². The van der Waals surface area contributed by atoms with Crippen LogP contribution in [0, 0.1) is 10.1 Å². The Morgan fingerprint density at radius 2 is 2.42 bits per heavy atom. The van der Waals surface area contributed by atoms with Crippen LogP contribution in [0.15, 0.2) is 22.9 Å². The number of amides is 1. The number of nitrogen functional groups attached to an aromatic ring is 1. The number of nitrogens with zero attached hydrogens (tertiary/aromatic N) is 3. The molecule has 0 aliphatic carbocycles. The Morgan fingerprint density at radius 3 is 3.00 bits per heavy atom. The molecule has 2 heterocycles. The molecule has 0 unspecified atom stereocenters. The van der Waals surface area contributed by atoms with Crippen LogP contribution in [-0.2, 0) is 6.54 Å². The highest BCUT2D eigenvalue weighted by Crippen LogP contribution is 2.22. The van der Waals surface area contributed by atoms with Gasteiger partial charge in [0, 0.05) is 0 Å². The number of rotatable bonds is 4. The van der Waals surface area contributed by atoms with Gasteiger partial charge < -0.3 is 14.5 Å². The van der Waals surface area contributed by atoms with E-state index in [-0.39, 0.29) is 22.9 Å². The Bertz CT molecular complexity index is 634. The Morgan fingerprint density at radius 1 is 1.68 bits per heavy atom. The van der Waals surface area contributed by atoms with Gasteiger partial charge in [-0.05, 0) is 11.0 Å². The largest absolute Gasteiger partial charge is 0.466 e. The van der Waals surface area contributed by atoms with E-state index in [9.17, 15) is 14.9 Å². The molecule has 0 radical (unpaired) electrons. The molecule has 0 fully saturated rings. The van der Waals surface area contributed by atoms with Gasteiger partial charge in [0.2, 0.25) is 0 Å². The van der Waals surface area contributed by atoms with Crippen molar-refractivity contribution in [2.45, 2.75) is 6.54 Å². The quantitative estimate of drug-likeness (QED) is 0.368. The number of halogens is 1. The van der Waals surface area contributed by atoms with Crippen molar-refractivity contribution in [1.82, 2.24) is 15.2 Å². The van der Waals surface area contributed by atoms with E-state index in [2.05, 4.69) is 5.10 Å². The zero-order chi connectivity index (χ0) is 14.0. The lowest BCUT2D eigenvalue weighted by molar-refractivity contribution is -0.389. The maximum atomic E-state index is 11.4. The minimum Gasteiger partial charge on any atom is -0.466 e. The molecular weight excluding hydrogens is 278 g/mol. The highest BCUT2D eigenvalue weighted by molar-refractivity contribution is 6.32. The first-order chi connectivity index (χ1) is 9.02. The molecule has 0 saturated carbocycles. The predicted octanol–water partition coefficient (Wildman–Crippen LogP) is 0.689. The van der Waals surface area contributed by atoms with Gasteiger partial charge in [0.15, 0.2) is 5.02 Å². The molecule has 19 heavy (non-hydrogen) atoms. The van der Waals surface area contributed by atoms with Gasteiger partial charge in [0.1, 0.15) is 12.3 Å². The van der Waals surface area contributed by atoms with Gasteiger partial charge in [-0.1, -0.05) is 11.6 Å². The summed E-state index contributed by atoms with van der Waals surface area (Å²) in [6.45, 7) is 0.0172. The van der Waals surface area contributed by atoms with Gasteiger partial charge in [0.05, 0.1) is 23.1 Å². The minimum atomic E-state index is -0.700. The number of hydrazine groups is 1. The van der Waals surface area contributed by atoms with Crippen molar-refractivity contribution in [3.8, 4) is 0 Å². The van der Waals surface area contributed by atoms with E-state index in [0.717, 1.165) is 0 Å². The highest BCUT2D eigenvalue weighted by Gasteiger charge is 2.21. The molecule has 10 heteroatoms. The molecular formula is C9H8ClN5O4. The number of nitro groups is 1. The second-order valence-corrected chi connectivity index (χ2v) is 3.89. The van der Waals surface area contributed by atoms with Crippen LogP contribution in [0.1, 0.15) is 16.1 Å². The molecule has 0 aromatic carbocycles. The average molecular weight is 286 g/mol. The zero-order valence-corrected chi connectivity index (χ0v) is 10.1. The third-order valence-corrected chi connectivity index (χ3v) is 2.57. The normalized spacial score (nSPS) is 10.4. The van der Waals surface area contributed by atoms with E-state index in [4.69, 9.17) is 21.9 Å². The molecule has 0 aliphatic heterocycles. The van der Waals surface area contributed by atoms with Crippen molar-refractivity contribution >= 4 is 23.3 Å². The molecule has 2 aromatic heterocycles. The lowest BCUT2D eigenvalue weighted by atomic mass is 10.2. The number of hydrogen-bond donors (Lipinski definition) is 2. The fourth-order valence-corrected chi connectivity index (χ4v) is 1.70. The number of nitrogens with two attached hydrogens (primary N) is 1. The summed E-state index contributed by atoms with van der Waals surface area (Å²) in [6, 6.07) is 1.43. The lowest BCUT2D eigenvalue weighted by Gasteiger charge is -1.99. The van der Waals surface area contributed by atoms with E-state index < -0.39 is 16.6 Å². The van der Waals surface area contributed by atoms with Crippen LogP contribution >= 0.6 is 11.6 Å². The summed E-state index contributed by atoms with van der Waals surface area (Å²) in [5, 5.41) is 14.2. The second kappa shape index (κ2) is 5.08. The summed E-state index contributed by atoms with van der Waals surface area (Å²) < 4.78 is 6.31. The lowest BCUT2D eigenvalue weighted by Crippen LogP contribution is -2.30. The Hall–Kier alpha value is -2.39. The average Bonchev–Trinajstić information content (AvgIpc) is 2.95. The summed E-state index contributed by atoms with van der Waals surface area (Å²) in [7, 11) is 0. The van der Waals surface area contributed by atoms with E-state index in [1.54, 1.807) is 0 Å². The van der Waals surface area contributed by atoms with Crippen LogP contribution in [-0.4, -0.2) is 20.6 Å². The highest BCUT2D eigenvalue weighted by atomic mass is 35.5. The number of hydrogen-bond acceptors (Lipinski definition) is 6. The van der Waals surface area contributed by atoms with Gasteiger partial charge in [-0.2, -0.15) is 4.68 Å². The van der Waals surface area contributed by atoms with Gasteiger partial charge >= 0.3 is 5.82 Å². The molecule has 100 valence electrons. The van der Waals surface area contributed by atoms with Crippen molar-refractivity contribution < 1.29 is 14.1 Å². The Labute approximate surface area is 111 Å². The summed E-state index contributed by atoms with van der Waals surface area (Å²) in [6.07, 6.45) is 2.58.